The third-order valence-electron chi connectivity index (χ3n) is 5.07. The average Bonchev–Trinajstić information content (AvgIpc) is 3.23. The summed E-state index contributed by atoms with van der Waals surface area (Å²) >= 11 is 9.33. The molecule has 30 heavy (non-hydrogen) atoms. The van der Waals surface area contributed by atoms with Gasteiger partial charge in [0.2, 0.25) is 5.91 Å². The first-order chi connectivity index (χ1) is 14.4. The number of nitrogens with one attached hydrogen (secondary N) is 1. The number of aliphatic carboxylic acids is 1. The van der Waals surface area contributed by atoms with E-state index in [9.17, 15) is 14.7 Å². The van der Waals surface area contributed by atoms with Crippen LogP contribution < -0.4 is 10.1 Å². The number of hydrogen-bond donors (Lipinski definition) is 2. The number of benzene rings is 2. The lowest BCUT2D eigenvalue weighted by Crippen LogP contribution is -2.27. The summed E-state index contributed by atoms with van der Waals surface area (Å²) in [7, 11) is 0. The molecule has 1 saturated carbocycles. The van der Waals surface area contributed by atoms with Gasteiger partial charge in [-0.2, -0.15) is 0 Å². The second-order valence-electron chi connectivity index (χ2n) is 7.35. The van der Waals surface area contributed by atoms with E-state index >= 15 is 0 Å². The summed E-state index contributed by atoms with van der Waals surface area (Å²) in [5.41, 5.74) is 0.506. The zero-order valence-corrected chi connectivity index (χ0v) is 18.7. The Bertz CT molecular complexity index is 937. The molecule has 0 heterocycles. The summed E-state index contributed by atoms with van der Waals surface area (Å²) in [5, 5.41) is 12.6. The third-order valence-corrected chi connectivity index (χ3v) is 5.93. The molecule has 1 aliphatic rings. The summed E-state index contributed by atoms with van der Waals surface area (Å²) in [6.07, 6.45) is 7.37. The van der Waals surface area contributed by atoms with Crippen LogP contribution in [0.1, 0.15) is 44.1 Å². The Balaban J connectivity index is 1.62. The maximum Gasteiger partial charge on any atom is 0.352 e. The first kappa shape index (κ1) is 22.4. The van der Waals surface area contributed by atoms with E-state index in [0.717, 1.165) is 23.7 Å². The Hall–Kier alpha value is -2.31. The van der Waals surface area contributed by atoms with Gasteiger partial charge in [-0.25, -0.2) is 4.79 Å². The molecule has 5 nitrogen and oxygen atoms in total. The summed E-state index contributed by atoms with van der Waals surface area (Å²) < 4.78 is 6.53. The monoisotopic (exact) mass is 491 g/mol. The van der Waals surface area contributed by atoms with E-state index in [1.807, 2.05) is 0 Å². The van der Waals surface area contributed by atoms with Gasteiger partial charge in [-0.15, -0.1) is 0 Å². The normalized spacial score (nSPS) is 14.5. The molecule has 1 aliphatic carbocycles. The number of amides is 1. The minimum atomic E-state index is -1.17. The number of hydrogen-bond acceptors (Lipinski definition) is 3. The van der Waals surface area contributed by atoms with Crippen LogP contribution in [-0.4, -0.2) is 17.0 Å². The number of halogens is 2. The molecule has 158 valence electrons. The standard InChI is InChI=1S/C23H23BrClNO4/c24-19-14-17(25)8-11-21(19)30-18-9-5-16(6-10-18)13-20(23(28)29)26-22(27)12-7-15-3-1-2-4-15/h5-6,8-11,13-15H,1-4,7,12H2,(H,26,27)(H,28,29). The van der Waals surface area contributed by atoms with E-state index in [0.29, 0.717) is 34.4 Å². The quantitative estimate of drug-likeness (QED) is 0.418. The minimum absolute atomic E-state index is 0.138. The highest BCUT2D eigenvalue weighted by molar-refractivity contribution is 9.10. The van der Waals surface area contributed by atoms with E-state index in [1.54, 1.807) is 42.5 Å². The number of carbonyl (C=O) groups is 2. The maximum atomic E-state index is 12.2. The molecule has 7 heteroatoms. The van der Waals surface area contributed by atoms with Crippen LogP contribution in [-0.2, 0) is 9.59 Å². The van der Waals surface area contributed by atoms with Crippen molar-refractivity contribution in [1.82, 2.24) is 5.32 Å². The van der Waals surface area contributed by atoms with Crippen LogP contribution in [0.5, 0.6) is 11.5 Å². The zero-order valence-electron chi connectivity index (χ0n) is 16.4. The van der Waals surface area contributed by atoms with Crippen molar-refractivity contribution >= 4 is 45.5 Å². The topological polar surface area (TPSA) is 75.6 Å². The molecule has 1 amide bonds. The van der Waals surface area contributed by atoms with Gasteiger partial charge in [-0.1, -0.05) is 49.4 Å². The molecule has 0 spiro atoms. The Labute approximate surface area is 189 Å². The van der Waals surface area contributed by atoms with Gasteiger partial charge < -0.3 is 15.2 Å². The van der Waals surface area contributed by atoms with Crippen LogP contribution in [0.4, 0.5) is 0 Å². The Morgan fingerprint density at radius 2 is 1.87 bits per heavy atom. The zero-order chi connectivity index (χ0) is 21.5. The third kappa shape index (κ3) is 6.61. The summed E-state index contributed by atoms with van der Waals surface area (Å²) in [5.74, 6) is 0.357. The Morgan fingerprint density at radius 3 is 2.50 bits per heavy atom. The van der Waals surface area contributed by atoms with Gasteiger partial charge >= 0.3 is 5.97 Å². The molecule has 2 aromatic carbocycles. The van der Waals surface area contributed by atoms with E-state index in [2.05, 4.69) is 21.2 Å². The molecule has 0 radical (unpaired) electrons. The second kappa shape index (κ2) is 10.6. The second-order valence-corrected chi connectivity index (χ2v) is 8.64. The molecule has 2 aromatic rings. The van der Waals surface area contributed by atoms with Gasteiger partial charge in [-0.3, -0.25) is 4.79 Å². The first-order valence-corrected chi connectivity index (χ1v) is 11.1. The molecule has 0 bridgehead atoms. The van der Waals surface area contributed by atoms with Crippen LogP contribution in [0, 0.1) is 5.92 Å². The van der Waals surface area contributed by atoms with Crippen molar-refractivity contribution in [3.63, 3.8) is 0 Å². The molecular formula is C23H23BrClNO4. The van der Waals surface area contributed by atoms with Crippen LogP contribution in [0.25, 0.3) is 6.08 Å². The van der Waals surface area contributed by atoms with Crippen molar-refractivity contribution in [1.29, 1.82) is 0 Å². The summed E-state index contributed by atoms with van der Waals surface area (Å²) in [4.78, 5) is 23.7. The highest BCUT2D eigenvalue weighted by atomic mass is 79.9. The molecule has 1 fully saturated rings. The number of carbonyl (C=O) groups excluding carboxylic acids is 1. The fourth-order valence-corrected chi connectivity index (χ4v) is 4.25. The van der Waals surface area contributed by atoms with Gasteiger partial charge in [-0.05, 0) is 70.2 Å². The molecule has 0 atom stereocenters. The van der Waals surface area contributed by atoms with Crippen molar-refractivity contribution in [2.75, 3.05) is 0 Å². The number of ether oxygens (including phenoxy) is 1. The van der Waals surface area contributed by atoms with Crippen molar-refractivity contribution in [3.8, 4) is 11.5 Å². The Morgan fingerprint density at radius 1 is 1.17 bits per heavy atom. The summed E-state index contributed by atoms with van der Waals surface area (Å²) in [6, 6.07) is 12.1. The molecule has 0 aliphatic heterocycles. The van der Waals surface area contributed by atoms with E-state index < -0.39 is 5.97 Å². The van der Waals surface area contributed by atoms with Gasteiger partial charge in [0.05, 0.1) is 4.47 Å². The van der Waals surface area contributed by atoms with E-state index in [-0.39, 0.29) is 11.6 Å². The highest BCUT2D eigenvalue weighted by Crippen LogP contribution is 2.32. The maximum absolute atomic E-state index is 12.2. The van der Waals surface area contributed by atoms with Gasteiger partial charge in [0.15, 0.2) is 0 Å². The van der Waals surface area contributed by atoms with Crippen LogP contribution in [0.2, 0.25) is 5.02 Å². The van der Waals surface area contributed by atoms with Crippen LogP contribution >= 0.6 is 27.5 Å². The number of carboxylic acid groups (broad SMARTS) is 1. The lowest BCUT2D eigenvalue weighted by molar-refractivity contribution is -0.134. The largest absolute Gasteiger partial charge is 0.477 e. The van der Waals surface area contributed by atoms with Crippen LogP contribution in [0.15, 0.2) is 52.6 Å². The predicted octanol–water partition coefficient (Wildman–Crippen LogP) is 6.41. The molecule has 0 saturated heterocycles. The van der Waals surface area contributed by atoms with Crippen molar-refractivity contribution < 1.29 is 19.4 Å². The molecule has 3 rings (SSSR count). The van der Waals surface area contributed by atoms with E-state index in [4.69, 9.17) is 16.3 Å². The van der Waals surface area contributed by atoms with Gasteiger partial charge in [0.25, 0.3) is 0 Å². The lowest BCUT2D eigenvalue weighted by Gasteiger charge is -2.10. The molecule has 0 aromatic heterocycles. The van der Waals surface area contributed by atoms with Crippen molar-refractivity contribution in [2.45, 2.75) is 38.5 Å². The molecular weight excluding hydrogens is 470 g/mol. The molecule has 0 unspecified atom stereocenters. The predicted molar refractivity (Wildman–Crippen MR) is 121 cm³/mol. The van der Waals surface area contributed by atoms with Gasteiger partial charge in [0.1, 0.15) is 17.2 Å². The van der Waals surface area contributed by atoms with E-state index in [1.165, 1.54) is 18.9 Å². The summed E-state index contributed by atoms with van der Waals surface area (Å²) in [6.45, 7) is 0. The SMILES string of the molecule is O=C(CCC1CCCC1)NC(=Cc1ccc(Oc2ccc(Cl)cc2Br)cc1)C(=O)O. The van der Waals surface area contributed by atoms with Crippen molar-refractivity contribution in [3.05, 3.63) is 63.2 Å². The first-order valence-electron chi connectivity index (χ1n) is 9.88. The van der Waals surface area contributed by atoms with Crippen LogP contribution in [0.3, 0.4) is 0 Å². The smallest absolute Gasteiger partial charge is 0.352 e. The fraction of sp³-hybridized carbons (Fsp3) is 0.304. The Kier molecular flexibility index (Phi) is 7.94. The van der Waals surface area contributed by atoms with Crippen molar-refractivity contribution in [2.24, 2.45) is 5.92 Å². The fourth-order valence-electron chi connectivity index (χ4n) is 3.48. The molecule has 2 N–H and O–H groups in total. The highest BCUT2D eigenvalue weighted by Gasteiger charge is 2.17. The number of carboxylic acids is 1. The number of rotatable bonds is 8. The minimum Gasteiger partial charge on any atom is -0.477 e. The lowest BCUT2D eigenvalue weighted by atomic mass is 10.0. The van der Waals surface area contributed by atoms with Gasteiger partial charge in [0, 0.05) is 11.4 Å². The average molecular weight is 493 g/mol.